The van der Waals surface area contributed by atoms with Crippen LogP contribution in [0.2, 0.25) is 4.47 Å². The number of benzene rings is 1. The summed E-state index contributed by atoms with van der Waals surface area (Å²) in [6.45, 7) is 1.48. The van der Waals surface area contributed by atoms with Crippen LogP contribution in [0.5, 0.6) is 0 Å². The molecule has 5 nitrogen and oxygen atoms in total. The van der Waals surface area contributed by atoms with Crippen LogP contribution in [0.4, 0.5) is 0 Å². The lowest BCUT2D eigenvalue weighted by atomic mass is 10.0. The molecule has 2 N–H and O–H groups in total. The van der Waals surface area contributed by atoms with Gasteiger partial charge in [-0.1, -0.05) is 53.7 Å². The quantitative estimate of drug-likeness (QED) is 0.614. The standard InChI is InChI=1S/C16H14ClN3O2S2/c1-9(21)13(10-5-3-2-4-6-10)14(22)20-11(8-23-16(20)18)12-7-19-15(17)24-12/h2-7,11,18,21H,8H2,1H3/b13-9+,18-16?/t11-/m1/s1. The van der Waals surface area contributed by atoms with Gasteiger partial charge in [0.25, 0.3) is 5.91 Å². The normalized spacial score (nSPS) is 18.7. The molecular formula is C16H14ClN3O2S2. The number of nitrogens with one attached hydrogen (secondary N) is 1. The van der Waals surface area contributed by atoms with Crippen molar-refractivity contribution < 1.29 is 9.90 Å². The second kappa shape index (κ2) is 6.96. The third-order valence-corrected chi connectivity index (χ3v) is 5.76. The number of aliphatic hydroxyl groups excluding tert-OH is 1. The summed E-state index contributed by atoms with van der Waals surface area (Å²) in [6.07, 6.45) is 1.63. The van der Waals surface area contributed by atoms with E-state index in [1.807, 2.05) is 6.07 Å². The first-order valence-corrected chi connectivity index (χ1v) is 9.28. The van der Waals surface area contributed by atoms with E-state index in [9.17, 15) is 9.90 Å². The Labute approximate surface area is 152 Å². The highest BCUT2D eigenvalue weighted by Gasteiger charge is 2.38. The molecule has 1 fully saturated rings. The van der Waals surface area contributed by atoms with Crippen molar-refractivity contribution >= 4 is 51.3 Å². The van der Waals surface area contributed by atoms with Crippen LogP contribution in [-0.2, 0) is 4.79 Å². The number of amidine groups is 1. The van der Waals surface area contributed by atoms with E-state index in [1.54, 1.807) is 30.5 Å². The first-order valence-electron chi connectivity index (χ1n) is 7.10. The van der Waals surface area contributed by atoms with E-state index in [-0.39, 0.29) is 22.5 Å². The molecule has 0 spiro atoms. The van der Waals surface area contributed by atoms with Gasteiger partial charge in [0.05, 0.1) is 11.6 Å². The Morgan fingerprint density at radius 2 is 2.12 bits per heavy atom. The van der Waals surface area contributed by atoms with Gasteiger partial charge in [-0.3, -0.25) is 15.1 Å². The van der Waals surface area contributed by atoms with Gasteiger partial charge < -0.3 is 5.11 Å². The van der Waals surface area contributed by atoms with Crippen LogP contribution in [0.1, 0.15) is 23.4 Å². The molecule has 124 valence electrons. The maximum Gasteiger partial charge on any atom is 0.264 e. The summed E-state index contributed by atoms with van der Waals surface area (Å²) < 4.78 is 0.401. The van der Waals surface area contributed by atoms with Crippen LogP contribution >= 0.6 is 34.7 Å². The Kier molecular flexibility index (Phi) is 4.93. The van der Waals surface area contributed by atoms with Crippen molar-refractivity contribution in [3.05, 3.63) is 57.2 Å². The molecule has 0 unspecified atom stereocenters. The first kappa shape index (κ1) is 17.0. The van der Waals surface area contributed by atoms with Crippen LogP contribution in [0.15, 0.2) is 42.3 Å². The van der Waals surface area contributed by atoms with Gasteiger partial charge in [-0.05, 0) is 12.5 Å². The number of rotatable bonds is 3. The van der Waals surface area contributed by atoms with Gasteiger partial charge >= 0.3 is 0 Å². The lowest BCUT2D eigenvalue weighted by Gasteiger charge is -2.24. The number of amides is 1. The second-order valence-electron chi connectivity index (χ2n) is 5.15. The van der Waals surface area contributed by atoms with Crippen molar-refractivity contribution in [1.82, 2.24) is 9.88 Å². The van der Waals surface area contributed by atoms with E-state index in [2.05, 4.69) is 4.98 Å². The van der Waals surface area contributed by atoms with Gasteiger partial charge in [-0.15, -0.1) is 11.3 Å². The molecule has 0 saturated carbocycles. The van der Waals surface area contributed by atoms with Crippen molar-refractivity contribution in [2.45, 2.75) is 13.0 Å². The molecular weight excluding hydrogens is 366 g/mol. The van der Waals surface area contributed by atoms with E-state index in [0.29, 0.717) is 15.8 Å². The minimum absolute atomic E-state index is 0.0722. The molecule has 1 aromatic heterocycles. The molecule has 24 heavy (non-hydrogen) atoms. The molecule has 0 bridgehead atoms. The molecule has 2 heterocycles. The number of aromatic nitrogens is 1. The lowest BCUT2D eigenvalue weighted by molar-refractivity contribution is -0.122. The Balaban J connectivity index is 2.00. The number of hydrogen-bond acceptors (Lipinski definition) is 6. The Morgan fingerprint density at radius 1 is 1.42 bits per heavy atom. The van der Waals surface area contributed by atoms with Crippen molar-refractivity contribution in [3.8, 4) is 0 Å². The van der Waals surface area contributed by atoms with Gasteiger partial charge in [-0.2, -0.15) is 0 Å². The summed E-state index contributed by atoms with van der Waals surface area (Å²) in [4.78, 5) is 19.3. The summed E-state index contributed by atoms with van der Waals surface area (Å²) in [5, 5.41) is 18.4. The zero-order valence-corrected chi connectivity index (χ0v) is 15.1. The molecule has 1 aliphatic rings. The smallest absolute Gasteiger partial charge is 0.264 e. The number of allylic oxidation sites excluding steroid dienone is 1. The van der Waals surface area contributed by atoms with Crippen molar-refractivity contribution in [1.29, 1.82) is 5.41 Å². The van der Waals surface area contributed by atoms with Crippen molar-refractivity contribution in [3.63, 3.8) is 0 Å². The summed E-state index contributed by atoms with van der Waals surface area (Å²) in [5.74, 6) is 0.0954. The third-order valence-electron chi connectivity index (χ3n) is 3.59. The van der Waals surface area contributed by atoms with Gasteiger partial charge in [-0.25, -0.2) is 4.98 Å². The molecule has 8 heteroatoms. The average molecular weight is 380 g/mol. The van der Waals surface area contributed by atoms with E-state index >= 15 is 0 Å². The molecule has 0 aliphatic carbocycles. The number of halogens is 1. The SMILES string of the molecule is C/C(O)=C(\C(=O)N1C(=N)SC[C@@H]1c1cnc(Cl)s1)c1ccccc1. The summed E-state index contributed by atoms with van der Waals surface area (Å²) >= 11 is 8.49. The minimum atomic E-state index is -0.397. The Bertz CT molecular complexity index is 816. The van der Waals surface area contributed by atoms with E-state index in [4.69, 9.17) is 17.0 Å². The van der Waals surface area contributed by atoms with Gasteiger partial charge in [0.2, 0.25) is 0 Å². The molecule has 0 radical (unpaired) electrons. The molecule has 1 saturated heterocycles. The fourth-order valence-corrected chi connectivity index (χ4v) is 4.66. The first-order chi connectivity index (χ1) is 11.5. The number of aliphatic hydroxyl groups is 1. The number of thioether (sulfide) groups is 1. The molecule has 3 rings (SSSR count). The van der Waals surface area contributed by atoms with Crippen LogP contribution < -0.4 is 0 Å². The fourth-order valence-electron chi connectivity index (χ4n) is 2.52. The lowest BCUT2D eigenvalue weighted by Crippen LogP contribution is -2.34. The highest BCUT2D eigenvalue weighted by Crippen LogP contribution is 2.39. The highest BCUT2D eigenvalue weighted by atomic mass is 35.5. The Morgan fingerprint density at radius 3 is 2.71 bits per heavy atom. The summed E-state index contributed by atoms with van der Waals surface area (Å²) in [6, 6.07) is 8.66. The number of carbonyl (C=O) groups excluding carboxylic acids is 1. The zero-order chi connectivity index (χ0) is 17.3. The van der Waals surface area contributed by atoms with Crippen LogP contribution in [-0.4, -0.2) is 31.8 Å². The van der Waals surface area contributed by atoms with Gasteiger partial charge in [0.1, 0.15) is 5.76 Å². The molecule has 1 atom stereocenters. The van der Waals surface area contributed by atoms with Crippen molar-refractivity contribution in [2.75, 3.05) is 5.75 Å². The Hall–Kier alpha value is -1.83. The number of nitrogens with zero attached hydrogens (tertiary/aromatic N) is 2. The highest BCUT2D eigenvalue weighted by molar-refractivity contribution is 8.14. The topological polar surface area (TPSA) is 77.3 Å². The molecule has 1 amide bonds. The van der Waals surface area contributed by atoms with Crippen molar-refractivity contribution in [2.24, 2.45) is 0 Å². The number of hydrogen-bond donors (Lipinski definition) is 2. The molecule has 1 aromatic carbocycles. The van der Waals surface area contributed by atoms with E-state index in [1.165, 1.54) is 34.9 Å². The molecule has 2 aromatic rings. The largest absolute Gasteiger partial charge is 0.512 e. The van der Waals surface area contributed by atoms with Crippen LogP contribution in [0.3, 0.4) is 0 Å². The predicted molar refractivity (Wildman–Crippen MR) is 98.6 cm³/mol. The number of carbonyl (C=O) groups is 1. The summed E-state index contributed by atoms with van der Waals surface area (Å²) in [7, 11) is 0. The maximum atomic E-state index is 13.1. The average Bonchev–Trinajstić information content (AvgIpc) is 3.13. The molecule has 1 aliphatic heterocycles. The van der Waals surface area contributed by atoms with Crippen LogP contribution in [0, 0.1) is 5.41 Å². The second-order valence-corrected chi connectivity index (χ2v) is 7.80. The van der Waals surface area contributed by atoms with Gasteiger partial charge in [0.15, 0.2) is 9.63 Å². The van der Waals surface area contributed by atoms with E-state index in [0.717, 1.165) is 4.88 Å². The fraction of sp³-hybridized carbons (Fsp3) is 0.188. The number of thiazole rings is 1. The maximum absolute atomic E-state index is 13.1. The monoisotopic (exact) mass is 379 g/mol. The zero-order valence-electron chi connectivity index (χ0n) is 12.7. The predicted octanol–water partition coefficient (Wildman–Crippen LogP) is 4.34. The van der Waals surface area contributed by atoms with Gasteiger partial charge in [0, 0.05) is 16.8 Å². The third kappa shape index (κ3) is 3.19. The van der Waals surface area contributed by atoms with Crippen LogP contribution in [0.25, 0.3) is 5.57 Å². The van der Waals surface area contributed by atoms with E-state index < -0.39 is 5.91 Å². The minimum Gasteiger partial charge on any atom is -0.512 e. The summed E-state index contributed by atoms with van der Waals surface area (Å²) in [5.41, 5.74) is 0.816.